The normalized spacial score (nSPS) is 12.7. The van der Waals surface area contributed by atoms with E-state index < -0.39 is 0 Å². The summed E-state index contributed by atoms with van der Waals surface area (Å²) < 4.78 is 1.61. The summed E-state index contributed by atoms with van der Waals surface area (Å²) in [5.74, 6) is 0.378. The zero-order valence-electron chi connectivity index (χ0n) is 10.3. The van der Waals surface area contributed by atoms with Crippen molar-refractivity contribution in [3.63, 3.8) is 0 Å². The number of rotatable bonds is 7. The van der Waals surface area contributed by atoms with Gasteiger partial charge in [0.15, 0.2) is 0 Å². The van der Waals surface area contributed by atoms with Gasteiger partial charge in [-0.1, -0.05) is 19.1 Å². The number of hydrogen-bond acceptors (Lipinski definition) is 4. The number of aliphatic hydroxyl groups is 1. The topological polar surface area (TPSA) is 80.0 Å². The lowest BCUT2D eigenvalue weighted by Gasteiger charge is -2.18. The minimum Gasteiger partial charge on any atom is -0.394 e. The van der Waals surface area contributed by atoms with Gasteiger partial charge >= 0.3 is 0 Å². The zero-order chi connectivity index (χ0) is 12.7. The van der Waals surface area contributed by atoms with E-state index in [1.54, 1.807) is 17.1 Å². The van der Waals surface area contributed by atoms with Gasteiger partial charge in [0.2, 0.25) is 5.91 Å². The molecule has 0 bridgehead atoms. The third kappa shape index (κ3) is 5.44. The number of nitrogens with one attached hydrogen (secondary N) is 1. The highest BCUT2D eigenvalue weighted by atomic mass is 16.3. The summed E-state index contributed by atoms with van der Waals surface area (Å²) in [6.07, 6.45) is 4.42. The highest BCUT2D eigenvalue weighted by Gasteiger charge is 2.12. The van der Waals surface area contributed by atoms with Gasteiger partial charge in [-0.2, -0.15) is 0 Å². The molecule has 1 heterocycles. The Labute approximate surface area is 101 Å². The maximum atomic E-state index is 11.6. The van der Waals surface area contributed by atoms with Gasteiger partial charge in [0.1, 0.15) is 0 Å². The van der Waals surface area contributed by atoms with Crippen LogP contribution in [0.25, 0.3) is 0 Å². The number of hydrogen-bond donors (Lipinski definition) is 2. The Morgan fingerprint density at radius 2 is 2.29 bits per heavy atom. The Morgan fingerprint density at radius 3 is 2.82 bits per heavy atom. The Morgan fingerprint density at radius 1 is 1.53 bits per heavy atom. The molecule has 0 aliphatic rings. The molecule has 1 atom stereocenters. The molecular formula is C11H20N4O2. The number of nitrogens with zero attached hydrogens (tertiary/aromatic N) is 3. The number of aromatic nitrogens is 3. The fourth-order valence-electron chi connectivity index (χ4n) is 1.62. The van der Waals surface area contributed by atoms with Crippen LogP contribution in [0.2, 0.25) is 0 Å². The van der Waals surface area contributed by atoms with Crippen LogP contribution in [0.15, 0.2) is 12.4 Å². The molecule has 1 amide bonds. The van der Waals surface area contributed by atoms with Crippen LogP contribution in [0, 0.1) is 5.92 Å². The van der Waals surface area contributed by atoms with Crippen LogP contribution in [0.4, 0.5) is 0 Å². The van der Waals surface area contributed by atoms with E-state index in [9.17, 15) is 4.79 Å². The smallest absolute Gasteiger partial charge is 0.222 e. The number of amides is 1. The van der Waals surface area contributed by atoms with Crippen LogP contribution >= 0.6 is 0 Å². The minimum atomic E-state index is -0.154. The van der Waals surface area contributed by atoms with E-state index in [0.717, 1.165) is 6.42 Å². The van der Waals surface area contributed by atoms with E-state index in [0.29, 0.717) is 18.9 Å². The molecule has 17 heavy (non-hydrogen) atoms. The first kappa shape index (κ1) is 13.6. The number of carbonyl (C=O) groups excluding carboxylic acids is 1. The second-order valence-electron chi connectivity index (χ2n) is 4.49. The molecule has 0 aliphatic carbocycles. The van der Waals surface area contributed by atoms with Gasteiger partial charge in [0.05, 0.1) is 25.4 Å². The molecule has 0 saturated carbocycles. The molecule has 0 radical (unpaired) electrons. The summed E-state index contributed by atoms with van der Waals surface area (Å²) in [6.45, 7) is 4.60. The summed E-state index contributed by atoms with van der Waals surface area (Å²) in [6, 6.07) is -0.154. The molecule has 1 aromatic rings. The molecule has 96 valence electrons. The average Bonchev–Trinajstić information content (AvgIpc) is 2.77. The quantitative estimate of drug-likeness (QED) is 0.713. The van der Waals surface area contributed by atoms with E-state index in [2.05, 4.69) is 29.5 Å². The fraction of sp³-hybridized carbons (Fsp3) is 0.727. The summed E-state index contributed by atoms with van der Waals surface area (Å²) in [4.78, 5) is 11.6. The van der Waals surface area contributed by atoms with Gasteiger partial charge in [-0.05, 0) is 12.3 Å². The fourth-order valence-corrected chi connectivity index (χ4v) is 1.62. The van der Waals surface area contributed by atoms with Crippen molar-refractivity contribution >= 4 is 5.91 Å². The van der Waals surface area contributed by atoms with Crippen molar-refractivity contribution in [2.45, 2.75) is 39.3 Å². The molecule has 6 heteroatoms. The molecule has 0 aliphatic heterocycles. The second-order valence-corrected chi connectivity index (χ2v) is 4.49. The molecule has 6 nitrogen and oxygen atoms in total. The van der Waals surface area contributed by atoms with Crippen molar-refractivity contribution in [2.24, 2.45) is 5.92 Å². The molecule has 1 aromatic heterocycles. The number of aryl methyl sites for hydroxylation is 1. The minimum absolute atomic E-state index is 0.0206. The summed E-state index contributed by atoms with van der Waals surface area (Å²) in [5, 5.41) is 19.4. The maximum absolute atomic E-state index is 11.6. The zero-order valence-corrected chi connectivity index (χ0v) is 10.3. The molecule has 0 aromatic carbocycles. The molecule has 1 rings (SSSR count). The maximum Gasteiger partial charge on any atom is 0.222 e. The second kappa shape index (κ2) is 7.01. The van der Waals surface area contributed by atoms with Crippen molar-refractivity contribution in [1.29, 1.82) is 0 Å². The van der Waals surface area contributed by atoms with Gasteiger partial charge in [0, 0.05) is 12.6 Å². The third-order valence-electron chi connectivity index (χ3n) is 2.38. The third-order valence-corrected chi connectivity index (χ3v) is 2.38. The lowest BCUT2D eigenvalue weighted by atomic mass is 10.0. The van der Waals surface area contributed by atoms with Crippen molar-refractivity contribution in [3.05, 3.63) is 12.4 Å². The van der Waals surface area contributed by atoms with Crippen molar-refractivity contribution < 1.29 is 9.90 Å². The van der Waals surface area contributed by atoms with Gasteiger partial charge in [0.25, 0.3) is 0 Å². The van der Waals surface area contributed by atoms with E-state index in [1.165, 1.54) is 0 Å². The number of carbonyl (C=O) groups is 1. The van der Waals surface area contributed by atoms with Crippen LogP contribution in [0.1, 0.15) is 26.7 Å². The Hall–Kier alpha value is -1.43. The predicted octanol–water partition coefficient (Wildman–Crippen LogP) is 0.191. The standard InChI is InChI=1S/C11H20N4O2/c1-9(2)7-10(8-16)13-11(17)3-5-15-6-4-12-14-15/h4,6,9-10,16H,3,5,7-8H2,1-2H3,(H,13,17). The van der Waals surface area contributed by atoms with Crippen LogP contribution < -0.4 is 5.32 Å². The molecule has 2 N–H and O–H groups in total. The monoisotopic (exact) mass is 240 g/mol. The highest BCUT2D eigenvalue weighted by Crippen LogP contribution is 2.04. The highest BCUT2D eigenvalue weighted by molar-refractivity contribution is 5.76. The van der Waals surface area contributed by atoms with Crippen LogP contribution in [-0.2, 0) is 11.3 Å². The lowest BCUT2D eigenvalue weighted by Crippen LogP contribution is -2.38. The Balaban J connectivity index is 2.27. The lowest BCUT2D eigenvalue weighted by molar-refractivity contribution is -0.122. The van der Waals surface area contributed by atoms with E-state index in [1.807, 2.05) is 0 Å². The summed E-state index contributed by atoms with van der Waals surface area (Å²) >= 11 is 0. The van der Waals surface area contributed by atoms with Crippen LogP contribution in [-0.4, -0.2) is 38.7 Å². The van der Waals surface area contributed by atoms with Crippen molar-refractivity contribution in [3.8, 4) is 0 Å². The first-order chi connectivity index (χ1) is 8.11. The van der Waals surface area contributed by atoms with Gasteiger partial charge < -0.3 is 10.4 Å². The van der Waals surface area contributed by atoms with E-state index in [-0.39, 0.29) is 18.6 Å². The SMILES string of the molecule is CC(C)CC(CO)NC(=O)CCn1ccnn1. The largest absolute Gasteiger partial charge is 0.394 e. The van der Waals surface area contributed by atoms with Crippen molar-refractivity contribution in [1.82, 2.24) is 20.3 Å². The Kier molecular flexibility index (Phi) is 5.62. The van der Waals surface area contributed by atoms with Crippen LogP contribution in [0.5, 0.6) is 0 Å². The predicted molar refractivity (Wildman–Crippen MR) is 63.1 cm³/mol. The van der Waals surface area contributed by atoms with E-state index >= 15 is 0 Å². The molecular weight excluding hydrogens is 220 g/mol. The molecule has 0 saturated heterocycles. The van der Waals surface area contributed by atoms with Gasteiger partial charge in [-0.25, -0.2) is 0 Å². The summed E-state index contributed by atoms with van der Waals surface area (Å²) in [5.41, 5.74) is 0. The first-order valence-corrected chi connectivity index (χ1v) is 5.86. The summed E-state index contributed by atoms with van der Waals surface area (Å²) in [7, 11) is 0. The van der Waals surface area contributed by atoms with Crippen molar-refractivity contribution in [2.75, 3.05) is 6.61 Å². The average molecular weight is 240 g/mol. The van der Waals surface area contributed by atoms with E-state index in [4.69, 9.17) is 5.11 Å². The Bertz CT molecular complexity index is 324. The first-order valence-electron chi connectivity index (χ1n) is 5.86. The molecule has 1 unspecified atom stereocenters. The number of aliphatic hydroxyl groups excluding tert-OH is 1. The van der Waals surface area contributed by atoms with Crippen LogP contribution in [0.3, 0.4) is 0 Å². The van der Waals surface area contributed by atoms with Gasteiger partial charge in [-0.15, -0.1) is 5.10 Å². The van der Waals surface area contributed by atoms with Gasteiger partial charge in [-0.3, -0.25) is 9.48 Å². The molecule has 0 spiro atoms. The molecule has 0 fully saturated rings.